The summed E-state index contributed by atoms with van der Waals surface area (Å²) in [6, 6.07) is 6.11. The van der Waals surface area contributed by atoms with Gasteiger partial charge in [-0.25, -0.2) is 8.78 Å². The minimum atomic E-state index is -2.83. The van der Waals surface area contributed by atoms with Gasteiger partial charge in [-0.15, -0.1) is 0 Å². The van der Waals surface area contributed by atoms with Gasteiger partial charge in [-0.1, -0.05) is 12.1 Å². The Balaban J connectivity index is 1.88. The Morgan fingerprint density at radius 1 is 1.43 bits per heavy atom. The van der Waals surface area contributed by atoms with Crippen LogP contribution in [0.2, 0.25) is 0 Å². The molecule has 3 N–H and O–H groups in total. The molecule has 0 aromatic heterocycles. The van der Waals surface area contributed by atoms with Gasteiger partial charge in [-0.2, -0.15) is 0 Å². The number of carbonyl (C=O) groups is 2. The molecule has 1 aromatic carbocycles. The van der Waals surface area contributed by atoms with E-state index in [9.17, 15) is 18.4 Å². The van der Waals surface area contributed by atoms with E-state index in [1.165, 1.54) is 6.92 Å². The highest BCUT2D eigenvalue weighted by atomic mass is 19.3. The van der Waals surface area contributed by atoms with Gasteiger partial charge in [0, 0.05) is 25.6 Å². The van der Waals surface area contributed by atoms with Crippen molar-refractivity contribution in [3.8, 4) is 0 Å². The Labute approximate surface area is 121 Å². The van der Waals surface area contributed by atoms with Crippen LogP contribution in [0.5, 0.6) is 0 Å². The van der Waals surface area contributed by atoms with E-state index in [-0.39, 0.29) is 12.5 Å². The van der Waals surface area contributed by atoms with E-state index in [2.05, 4.69) is 16.0 Å². The molecule has 0 saturated carbocycles. The molecule has 1 unspecified atom stereocenters. The molecule has 2 amide bonds. The van der Waals surface area contributed by atoms with Crippen molar-refractivity contribution in [1.29, 1.82) is 0 Å². The van der Waals surface area contributed by atoms with Crippen molar-refractivity contribution in [1.82, 2.24) is 10.6 Å². The molecule has 1 fully saturated rings. The summed E-state index contributed by atoms with van der Waals surface area (Å²) in [6.45, 7) is 1.15. The minimum Gasteiger partial charge on any atom is -0.351 e. The largest absolute Gasteiger partial charge is 0.351 e. The maximum absolute atomic E-state index is 13.0. The summed E-state index contributed by atoms with van der Waals surface area (Å²) in [7, 11) is 0. The summed E-state index contributed by atoms with van der Waals surface area (Å²) in [6.07, 6.45) is -0.481. The first-order chi connectivity index (χ1) is 9.85. The van der Waals surface area contributed by atoms with Crippen LogP contribution in [0.1, 0.15) is 18.9 Å². The topological polar surface area (TPSA) is 70.2 Å². The van der Waals surface area contributed by atoms with Gasteiger partial charge in [0.1, 0.15) is 0 Å². The van der Waals surface area contributed by atoms with Crippen LogP contribution in [-0.2, 0) is 16.1 Å². The third-order valence-electron chi connectivity index (χ3n) is 3.14. The van der Waals surface area contributed by atoms with Crippen LogP contribution in [0.3, 0.4) is 0 Å². The average Bonchev–Trinajstić information content (AvgIpc) is 2.76. The third kappa shape index (κ3) is 4.49. The van der Waals surface area contributed by atoms with Crippen molar-refractivity contribution in [2.24, 2.45) is 0 Å². The molecule has 1 saturated heterocycles. The number of alkyl halides is 2. The molecule has 0 spiro atoms. The second-order valence-electron chi connectivity index (χ2n) is 5.09. The van der Waals surface area contributed by atoms with Crippen LogP contribution in [0, 0.1) is 0 Å². The van der Waals surface area contributed by atoms with Gasteiger partial charge >= 0.3 is 0 Å². The number of hydrogen-bond donors (Lipinski definition) is 3. The second-order valence-corrected chi connectivity index (χ2v) is 5.09. The van der Waals surface area contributed by atoms with Crippen molar-refractivity contribution in [2.45, 2.75) is 31.9 Å². The quantitative estimate of drug-likeness (QED) is 0.783. The lowest BCUT2D eigenvalue weighted by Crippen LogP contribution is -2.40. The number of anilines is 1. The fourth-order valence-corrected chi connectivity index (χ4v) is 2.18. The Morgan fingerprint density at radius 2 is 2.19 bits per heavy atom. The molecule has 21 heavy (non-hydrogen) atoms. The molecule has 0 aliphatic carbocycles. The zero-order chi connectivity index (χ0) is 15.5. The highest BCUT2D eigenvalue weighted by molar-refractivity contribution is 5.88. The molecule has 2 rings (SSSR count). The summed E-state index contributed by atoms with van der Waals surface area (Å²) >= 11 is 0. The monoisotopic (exact) mass is 297 g/mol. The molecule has 1 atom stereocenters. The molecule has 1 aliphatic heterocycles. The van der Waals surface area contributed by atoms with Crippen LogP contribution in [-0.4, -0.2) is 30.3 Å². The Hall–Kier alpha value is -2.02. The standard InChI is InChI=1S/C14H17F2N3O2/c1-9(20)19-11-4-2-3-10(5-11)7-17-13(21)12-6-14(15,16)8-18-12/h2-5,12,18H,6-8H2,1H3,(H,17,21)(H,19,20). The highest BCUT2D eigenvalue weighted by Crippen LogP contribution is 2.25. The number of rotatable bonds is 4. The Morgan fingerprint density at radius 3 is 2.81 bits per heavy atom. The summed E-state index contributed by atoms with van der Waals surface area (Å²) in [5, 5.41) is 7.75. The Kier molecular flexibility index (Phi) is 4.52. The van der Waals surface area contributed by atoms with Gasteiger partial charge in [-0.05, 0) is 17.7 Å². The highest BCUT2D eigenvalue weighted by Gasteiger charge is 2.42. The smallest absolute Gasteiger partial charge is 0.262 e. The first-order valence-corrected chi connectivity index (χ1v) is 6.61. The zero-order valence-electron chi connectivity index (χ0n) is 11.6. The van der Waals surface area contributed by atoms with Crippen molar-refractivity contribution in [3.63, 3.8) is 0 Å². The lowest BCUT2D eigenvalue weighted by atomic mass is 10.1. The van der Waals surface area contributed by atoms with Crippen LogP contribution in [0.25, 0.3) is 0 Å². The van der Waals surface area contributed by atoms with Gasteiger partial charge in [0.15, 0.2) is 0 Å². The maximum atomic E-state index is 13.0. The van der Waals surface area contributed by atoms with E-state index in [0.29, 0.717) is 5.69 Å². The van der Waals surface area contributed by atoms with Crippen molar-refractivity contribution in [3.05, 3.63) is 29.8 Å². The summed E-state index contributed by atoms with van der Waals surface area (Å²) in [5.74, 6) is -3.46. The number of nitrogens with one attached hydrogen (secondary N) is 3. The number of carbonyl (C=O) groups excluding carboxylic acids is 2. The third-order valence-corrected chi connectivity index (χ3v) is 3.14. The maximum Gasteiger partial charge on any atom is 0.262 e. The lowest BCUT2D eigenvalue weighted by molar-refractivity contribution is -0.123. The van der Waals surface area contributed by atoms with Gasteiger partial charge < -0.3 is 10.6 Å². The molecule has 7 heteroatoms. The number of hydrogen-bond acceptors (Lipinski definition) is 3. The van der Waals surface area contributed by atoms with E-state index >= 15 is 0 Å². The van der Waals surface area contributed by atoms with Gasteiger partial charge in [0.25, 0.3) is 5.92 Å². The second kappa shape index (κ2) is 6.17. The molecule has 1 aliphatic rings. The van der Waals surface area contributed by atoms with E-state index in [4.69, 9.17) is 0 Å². The van der Waals surface area contributed by atoms with Crippen LogP contribution >= 0.6 is 0 Å². The first kappa shape index (κ1) is 15.4. The van der Waals surface area contributed by atoms with Crippen LogP contribution in [0.15, 0.2) is 24.3 Å². The minimum absolute atomic E-state index is 0.187. The SMILES string of the molecule is CC(=O)Nc1cccc(CNC(=O)C2CC(F)(F)CN2)c1. The fourth-order valence-electron chi connectivity index (χ4n) is 2.18. The van der Waals surface area contributed by atoms with E-state index in [1.54, 1.807) is 24.3 Å². The van der Waals surface area contributed by atoms with Gasteiger partial charge in [0.2, 0.25) is 11.8 Å². The van der Waals surface area contributed by atoms with Gasteiger partial charge in [-0.3, -0.25) is 14.9 Å². The van der Waals surface area contributed by atoms with Crippen LogP contribution in [0.4, 0.5) is 14.5 Å². The molecule has 114 valence electrons. The van der Waals surface area contributed by atoms with Crippen molar-refractivity contribution < 1.29 is 18.4 Å². The molecule has 1 heterocycles. The van der Waals surface area contributed by atoms with Crippen molar-refractivity contribution >= 4 is 17.5 Å². The predicted octanol–water partition coefficient (Wildman–Crippen LogP) is 1.26. The van der Waals surface area contributed by atoms with Crippen LogP contribution < -0.4 is 16.0 Å². The number of amides is 2. The molecule has 0 bridgehead atoms. The van der Waals surface area contributed by atoms with Crippen molar-refractivity contribution in [2.75, 3.05) is 11.9 Å². The molecule has 0 radical (unpaired) electrons. The molecule has 5 nitrogen and oxygen atoms in total. The predicted molar refractivity (Wildman–Crippen MR) is 73.9 cm³/mol. The fraction of sp³-hybridized carbons (Fsp3) is 0.429. The summed E-state index contributed by atoms with van der Waals surface area (Å²) < 4.78 is 26.0. The Bertz CT molecular complexity index is 549. The average molecular weight is 297 g/mol. The molecular formula is C14H17F2N3O2. The zero-order valence-corrected chi connectivity index (χ0v) is 11.6. The van der Waals surface area contributed by atoms with Gasteiger partial charge in [0.05, 0.1) is 12.6 Å². The lowest BCUT2D eigenvalue weighted by Gasteiger charge is -2.12. The normalized spacial score (nSPS) is 20.0. The molecule has 1 aromatic rings. The van der Waals surface area contributed by atoms with E-state index < -0.39 is 30.8 Å². The summed E-state index contributed by atoms with van der Waals surface area (Å²) in [4.78, 5) is 22.8. The summed E-state index contributed by atoms with van der Waals surface area (Å²) in [5.41, 5.74) is 1.40. The number of benzene rings is 1. The first-order valence-electron chi connectivity index (χ1n) is 6.61. The number of halogens is 2. The molecular weight excluding hydrogens is 280 g/mol. The van der Waals surface area contributed by atoms with E-state index in [1.807, 2.05) is 0 Å². The van der Waals surface area contributed by atoms with E-state index in [0.717, 1.165) is 5.56 Å².